The highest BCUT2D eigenvalue weighted by Crippen LogP contribution is 2.42. The Kier molecular flexibility index (Phi) is 4.71. The molecule has 1 aromatic carbocycles. The van der Waals surface area contributed by atoms with E-state index in [1.807, 2.05) is 26.0 Å². The molecule has 4 nitrogen and oxygen atoms in total. The maximum absolute atomic E-state index is 12.5. The van der Waals surface area contributed by atoms with Crippen molar-refractivity contribution in [1.29, 1.82) is 0 Å². The summed E-state index contributed by atoms with van der Waals surface area (Å²) in [6, 6.07) is 6.68. The third-order valence-electron chi connectivity index (χ3n) is 5.65. The number of benzene rings is 1. The van der Waals surface area contributed by atoms with Crippen molar-refractivity contribution < 1.29 is 14.3 Å². The smallest absolute Gasteiger partial charge is 0.338 e. The number of carbonyl (C=O) groups is 2. The van der Waals surface area contributed by atoms with Crippen LogP contribution < -0.4 is 0 Å². The number of ether oxygens (including phenoxy) is 1. The quantitative estimate of drug-likeness (QED) is 0.770. The molecule has 0 radical (unpaired) electrons. The number of aryl methyl sites for hydroxylation is 2. The number of carbonyl (C=O) groups excluding carboxylic acids is 2. The Labute approximate surface area is 149 Å². The van der Waals surface area contributed by atoms with Gasteiger partial charge in [-0.25, -0.2) is 4.79 Å². The molecule has 4 bridgehead atoms. The number of halogens is 1. The number of rotatable bonds is 2. The van der Waals surface area contributed by atoms with E-state index < -0.39 is 0 Å². The highest BCUT2D eigenvalue weighted by Gasteiger charge is 2.49. The first-order valence-electron chi connectivity index (χ1n) is 8.57. The van der Waals surface area contributed by atoms with Crippen LogP contribution in [0.15, 0.2) is 18.2 Å². The van der Waals surface area contributed by atoms with Gasteiger partial charge >= 0.3 is 5.97 Å². The first kappa shape index (κ1) is 17.4. The number of piperidine rings is 4. The van der Waals surface area contributed by atoms with Crippen molar-refractivity contribution in [1.82, 2.24) is 4.90 Å². The molecule has 0 N–H and O–H groups in total. The maximum atomic E-state index is 12.5. The monoisotopic (exact) mass is 349 g/mol. The highest BCUT2D eigenvalue weighted by atomic mass is 35.5. The van der Waals surface area contributed by atoms with Crippen molar-refractivity contribution >= 4 is 24.2 Å². The molecular formula is C19H24ClNO3. The standard InChI is InChI=1S/C19H23NO3.ClH/c1-11-3-12(2)5-14(4-11)19(22)23-17-8-15-6-13-7-16(9-17)20(15)10-18(13)21;/h3-5,13,15-17H,6-10H2,1-2H3;1H. The number of hydrogen-bond acceptors (Lipinski definition) is 4. The molecule has 0 saturated carbocycles. The lowest BCUT2D eigenvalue weighted by Crippen LogP contribution is -2.63. The van der Waals surface area contributed by atoms with E-state index in [0.717, 1.165) is 36.8 Å². The van der Waals surface area contributed by atoms with Gasteiger partial charge in [0, 0.05) is 30.8 Å². The topological polar surface area (TPSA) is 46.6 Å². The van der Waals surface area contributed by atoms with Crippen LogP contribution in [-0.2, 0) is 9.53 Å². The summed E-state index contributed by atoms with van der Waals surface area (Å²) in [6.45, 7) is 4.60. The molecule has 5 rings (SSSR count). The van der Waals surface area contributed by atoms with Crippen molar-refractivity contribution in [2.45, 2.75) is 57.7 Å². The van der Waals surface area contributed by atoms with Gasteiger partial charge in [0.1, 0.15) is 11.9 Å². The third kappa shape index (κ3) is 3.09. The Morgan fingerprint density at radius 2 is 1.62 bits per heavy atom. The summed E-state index contributed by atoms with van der Waals surface area (Å²) in [5, 5.41) is 0. The van der Waals surface area contributed by atoms with Crippen LogP contribution in [0.2, 0.25) is 0 Å². The number of nitrogens with zero attached hydrogens (tertiary/aromatic N) is 1. The lowest BCUT2D eigenvalue weighted by molar-refractivity contribution is -0.145. The van der Waals surface area contributed by atoms with Gasteiger partial charge < -0.3 is 4.74 Å². The fraction of sp³-hybridized carbons (Fsp3) is 0.579. The fourth-order valence-electron chi connectivity index (χ4n) is 4.73. The van der Waals surface area contributed by atoms with Crippen LogP contribution in [0.3, 0.4) is 0 Å². The van der Waals surface area contributed by atoms with E-state index in [2.05, 4.69) is 11.0 Å². The molecule has 4 fully saturated rings. The summed E-state index contributed by atoms with van der Waals surface area (Å²) in [5.41, 5.74) is 2.81. The van der Waals surface area contributed by atoms with E-state index in [9.17, 15) is 9.59 Å². The van der Waals surface area contributed by atoms with Crippen molar-refractivity contribution in [3.63, 3.8) is 0 Å². The Bertz CT molecular complexity index is 638. The summed E-state index contributed by atoms with van der Waals surface area (Å²) < 4.78 is 5.81. The van der Waals surface area contributed by atoms with Gasteiger partial charge in [0.2, 0.25) is 0 Å². The van der Waals surface area contributed by atoms with Crippen LogP contribution in [0.5, 0.6) is 0 Å². The number of hydrogen-bond donors (Lipinski definition) is 0. The predicted octanol–water partition coefficient (Wildman–Crippen LogP) is 3.08. The van der Waals surface area contributed by atoms with Gasteiger partial charge in [-0.1, -0.05) is 17.2 Å². The summed E-state index contributed by atoms with van der Waals surface area (Å²) in [4.78, 5) is 26.7. The van der Waals surface area contributed by atoms with Crippen molar-refractivity contribution in [2.24, 2.45) is 5.92 Å². The van der Waals surface area contributed by atoms with Gasteiger partial charge in [-0.2, -0.15) is 0 Å². The normalized spacial score (nSPS) is 33.8. The SMILES string of the molecule is Cc1cc(C)cc(C(=O)OC2CC3CC4CC(C2)N3CC4=O)c1.Cl. The Hall–Kier alpha value is -1.39. The Morgan fingerprint density at radius 1 is 1.04 bits per heavy atom. The van der Waals surface area contributed by atoms with E-state index in [1.54, 1.807) is 0 Å². The van der Waals surface area contributed by atoms with Crippen LogP contribution in [0.4, 0.5) is 0 Å². The van der Waals surface area contributed by atoms with Crippen molar-refractivity contribution in [2.75, 3.05) is 6.54 Å². The van der Waals surface area contributed by atoms with Crippen LogP contribution in [0.1, 0.15) is 47.2 Å². The van der Waals surface area contributed by atoms with Crippen LogP contribution in [0, 0.1) is 19.8 Å². The van der Waals surface area contributed by atoms with E-state index in [0.29, 0.717) is 30.0 Å². The van der Waals surface area contributed by atoms with Crippen LogP contribution >= 0.6 is 12.4 Å². The zero-order chi connectivity index (χ0) is 16.1. The molecule has 0 aliphatic carbocycles. The molecular weight excluding hydrogens is 326 g/mol. The predicted molar refractivity (Wildman–Crippen MR) is 93.6 cm³/mol. The summed E-state index contributed by atoms with van der Waals surface area (Å²) >= 11 is 0. The van der Waals surface area contributed by atoms with E-state index in [-0.39, 0.29) is 30.4 Å². The van der Waals surface area contributed by atoms with Gasteiger partial charge in [-0.3, -0.25) is 9.69 Å². The number of fused-ring (bicyclic) bond motifs is 1. The second-order valence-corrected chi connectivity index (χ2v) is 7.49. The van der Waals surface area contributed by atoms with Gasteiger partial charge in [0.05, 0.1) is 12.1 Å². The van der Waals surface area contributed by atoms with Gasteiger partial charge in [0.25, 0.3) is 0 Å². The summed E-state index contributed by atoms with van der Waals surface area (Å²) in [6.07, 6.45) is 3.64. The summed E-state index contributed by atoms with van der Waals surface area (Å²) in [7, 11) is 0. The molecule has 4 aliphatic rings. The van der Waals surface area contributed by atoms with Crippen LogP contribution in [0.25, 0.3) is 0 Å². The minimum absolute atomic E-state index is 0. The molecule has 4 saturated heterocycles. The molecule has 0 aromatic heterocycles. The lowest BCUT2D eigenvalue weighted by atomic mass is 9.72. The molecule has 2 atom stereocenters. The molecule has 24 heavy (non-hydrogen) atoms. The third-order valence-corrected chi connectivity index (χ3v) is 5.65. The van der Waals surface area contributed by atoms with E-state index in [4.69, 9.17) is 4.74 Å². The molecule has 1 aromatic rings. The number of ketones is 1. The second-order valence-electron chi connectivity index (χ2n) is 7.49. The van der Waals surface area contributed by atoms with Crippen molar-refractivity contribution in [3.05, 3.63) is 34.9 Å². The molecule has 0 amide bonds. The molecule has 4 heterocycles. The van der Waals surface area contributed by atoms with E-state index >= 15 is 0 Å². The average molecular weight is 350 g/mol. The zero-order valence-electron chi connectivity index (χ0n) is 14.2. The Morgan fingerprint density at radius 3 is 2.17 bits per heavy atom. The fourth-order valence-corrected chi connectivity index (χ4v) is 4.73. The minimum Gasteiger partial charge on any atom is -0.459 e. The zero-order valence-corrected chi connectivity index (χ0v) is 15.0. The summed E-state index contributed by atoms with van der Waals surface area (Å²) in [5.74, 6) is 0.451. The Balaban J connectivity index is 0.00000169. The minimum atomic E-state index is -0.210. The van der Waals surface area contributed by atoms with Gasteiger partial charge in [-0.15, -0.1) is 12.4 Å². The highest BCUT2D eigenvalue weighted by molar-refractivity contribution is 5.90. The first-order valence-corrected chi connectivity index (χ1v) is 8.57. The molecule has 0 spiro atoms. The molecule has 2 unspecified atom stereocenters. The maximum Gasteiger partial charge on any atom is 0.338 e. The van der Waals surface area contributed by atoms with Gasteiger partial charge in [0.15, 0.2) is 0 Å². The molecule has 130 valence electrons. The largest absolute Gasteiger partial charge is 0.459 e. The molecule has 5 heteroatoms. The lowest BCUT2D eigenvalue weighted by Gasteiger charge is -2.54. The van der Waals surface area contributed by atoms with E-state index in [1.165, 1.54) is 0 Å². The number of esters is 1. The van der Waals surface area contributed by atoms with Crippen molar-refractivity contribution in [3.8, 4) is 0 Å². The average Bonchev–Trinajstić information content (AvgIpc) is 2.46. The number of Topliss-reactive ketones (excluding diaryl/α,β-unsaturated/α-hetero) is 1. The van der Waals surface area contributed by atoms with Crippen LogP contribution in [-0.4, -0.2) is 41.4 Å². The molecule has 4 aliphatic heterocycles. The second kappa shape index (κ2) is 6.49. The van der Waals surface area contributed by atoms with Gasteiger partial charge in [-0.05, 0) is 38.8 Å². The first-order chi connectivity index (χ1) is 11.0.